The average molecular weight is 235 g/mol. The highest BCUT2D eigenvalue weighted by molar-refractivity contribution is 7.87. The van der Waals surface area contributed by atoms with Crippen molar-refractivity contribution in [1.29, 1.82) is 0 Å². The Balaban J connectivity index is 2.57. The molecule has 1 N–H and O–H groups in total. The fraction of sp³-hybridized carbons (Fsp3) is 0.571. The molecule has 0 aliphatic heterocycles. The van der Waals surface area contributed by atoms with E-state index in [9.17, 15) is 8.42 Å². The number of hydrogen-bond donors (Lipinski definition) is 1. The summed E-state index contributed by atoms with van der Waals surface area (Å²) in [7, 11) is -0.378. The van der Waals surface area contributed by atoms with Crippen molar-refractivity contribution in [1.82, 2.24) is 14.0 Å². The fourth-order valence-electron chi connectivity index (χ4n) is 0.784. The summed E-state index contributed by atoms with van der Waals surface area (Å²) in [4.78, 5) is 4.15. The van der Waals surface area contributed by atoms with E-state index in [2.05, 4.69) is 9.71 Å². The summed E-state index contributed by atoms with van der Waals surface area (Å²) in [6.07, 6.45) is 0. The Labute approximate surface area is 88.0 Å². The van der Waals surface area contributed by atoms with Crippen LogP contribution in [0.4, 0.5) is 0 Å². The smallest absolute Gasteiger partial charge is 0.245 e. The molecule has 0 aromatic carbocycles. The normalized spacial score (nSPS) is 12.3. The van der Waals surface area contributed by atoms with Crippen LogP contribution in [0, 0.1) is 6.92 Å². The van der Waals surface area contributed by atoms with Crippen molar-refractivity contribution < 1.29 is 8.42 Å². The highest BCUT2D eigenvalue weighted by Crippen LogP contribution is 2.07. The maximum atomic E-state index is 11.3. The van der Waals surface area contributed by atoms with E-state index in [1.807, 2.05) is 12.3 Å². The van der Waals surface area contributed by atoms with E-state index >= 15 is 0 Å². The third-order valence-corrected chi connectivity index (χ3v) is 3.88. The lowest BCUT2D eigenvalue weighted by Crippen LogP contribution is -2.35. The summed E-state index contributed by atoms with van der Waals surface area (Å²) >= 11 is 1.50. The maximum Gasteiger partial charge on any atom is 0.279 e. The number of aromatic nitrogens is 1. The van der Waals surface area contributed by atoms with Gasteiger partial charge in [-0.3, -0.25) is 0 Å². The summed E-state index contributed by atoms with van der Waals surface area (Å²) < 4.78 is 26.2. The molecule has 0 aliphatic carbocycles. The Hall–Kier alpha value is -0.500. The second-order valence-electron chi connectivity index (χ2n) is 2.97. The molecule has 0 saturated carbocycles. The van der Waals surface area contributed by atoms with Gasteiger partial charge in [0.25, 0.3) is 10.2 Å². The van der Waals surface area contributed by atoms with E-state index < -0.39 is 10.2 Å². The molecule has 0 amide bonds. The number of thiazole rings is 1. The van der Waals surface area contributed by atoms with E-state index in [0.717, 1.165) is 15.0 Å². The largest absolute Gasteiger partial charge is 0.279 e. The van der Waals surface area contributed by atoms with Crippen LogP contribution in [-0.4, -0.2) is 31.8 Å². The fourth-order valence-corrected chi connectivity index (χ4v) is 1.98. The zero-order valence-corrected chi connectivity index (χ0v) is 9.94. The van der Waals surface area contributed by atoms with Crippen molar-refractivity contribution in [2.75, 3.05) is 14.1 Å². The number of nitrogens with zero attached hydrogens (tertiary/aromatic N) is 2. The lowest BCUT2D eigenvalue weighted by molar-refractivity contribution is 0.504. The third kappa shape index (κ3) is 3.02. The Bertz CT molecular complexity index is 397. The summed E-state index contributed by atoms with van der Waals surface area (Å²) in [6, 6.07) is 0. The van der Waals surface area contributed by atoms with Gasteiger partial charge in [0.05, 0.1) is 17.2 Å². The predicted octanol–water partition coefficient (Wildman–Crippen LogP) is 0.348. The third-order valence-electron chi connectivity index (χ3n) is 1.58. The Morgan fingerprint density at radius 1 is 1.57 bits per heavy atom. The predicted molar refractivity (Wildman–Crippen MR) is 56.3 cm³/mol. The van der Waals surface area contributed by atoms with E-state index in [4.69, 9.17) is 0 Å². The van der Waals surface area contributed by atoms with Crippen LogP contribution in [0.2, 0.25) is 0 Å². The number of aryl methyl sites for hydroxylation is 1. The van der Waals surface area contributed by atoms with Crippen molar-refractivity contribution in [2.24, 2.45) is 0 Å². The lowest BCUT2D eigenvalue weighted by Gasteiger charge is -2.10. The van der Waals surface area contributed by atoms with Crippen molar-refractivity contribution in [2.45, 2.75) is 13.5 Å². The van der Waals surface area contributed by atoms with Gasteiger partial charge in [0.15, 0.2) is 0 Å². The molecular weight excluding hydrogens is 222 g/mol. The quantitative estimate of drug-likeness (QED) is 0.819. The standard InChI is InChI=1S/C7H13N3O2S2/c1-6-9-7(5-13-6)4-8-14(11,12)10(2)3/h5,8H,4H2,1-3H3. The van der Waals surface area contributed by atoms with Crippen molar-refractivity contribution in [3.8, 4) is 0 Å². The minimum Gasteiger partial charge on any atom is -0.245 e. The monoisotopic (exact) mass is 235 g/mol. The number of nitrogens with one attached hydrogen (secondary N) is 1. The van der Waals surface area contributed by atoms with Gasteiger partial charge in [0.2, 0.25) is 0 Å². The van der Waals surface area contributed by atoms with Gasteiger partial charge in [-0.2, -0.15) is 17.4 Å². The van der Waals surface area contributed by atoms with Crippen LogP contribution in [0.15, 0.2) is 5.38 Å². The van der Waals surface area contributed by atoms with E-state index in [0.29, 0.717) is 0 Å². The highest BCUT2D eigenvalue weighted by Gasteiger charge is 2.12. The molecule has 0 bridgehead atoms. The van der Waals surface area contributed by atoms with Crippen LogP contribution in [0.3, 0.4) is 0 Å². The molecule has 7 heteroatoms. The molecule has 0 spiro atoms. The molecule has 1 rings (SSSR count). The molecule has 0 unspecified atom stereocenters. The molecule has 1 aromatic rings. The molecule has 1 aromatic heterocycles. The molecule has 80 valence electrons. The SMILES string of the molecule is Cc1nc(CNS(=O)(=O)N(C)C)cs1. The van der Waals surface area contributed by atoms with Crippen molar-refractivity contribution >= 4 is 21.5 Å². The van der Waals surface area contributed by atoms with Gasteiger partial charge in [-0.1, -0.05) is 0 Å². The van der Waals surface area contributed by atoms with E-state index in [1.165, 1.54) is 25.4 Å². The van der Waals surface area contributed by atoms with Crippen LogP contribution >= 0.6 is 11.3 Å². The first-order chi connectivity index (χ1) is 6.42. The van der Waals surface area contributed by atoms with E-state index in [-0.39, 0.29) is 6.54 Å². The second-order valence-corrected chi connectivity index (χ2v) is 6.00. The molecule has 0 fully saturated rings. The van der Waals surface area contributed by atoms with Crippen LogP contribution in [-0.2, 0) is 16.8 Å². The number of hydrogen-bond acceptors (Lipinski definition) is 4. The summed E-state index contributed by atoms with van der Waals surface area (Å²) in [5.74, 6) is 0. The average Bonchev–Trinajstić information content (AvgIpc) is 2.48. The van der Waals surface area contributed by atoms with Crippen LogP contribution in [0.1, 0.15) is 10.7 Å². The van der Waals surface area contributed by atoms with Gasteiger partial charge in [-0.25, -0.2) is 4.98 Å². The summed E-state index contributed by atoms with van der Waals surface area (Å²) in [6.45, 7) is 2.12. The van der Waals surface area contributed by atoms with Gasteiger partial charge in [0.1, 0.15) is 0 Å². The van der Waals surface area contributed by atoms with Crippen molar-refractivity contribution in [3.05, 3.63) is 16.1 Å². The maximum absolute atomic E-state index is 11.3. The molecule has 0 saturated heterocycles. The molecule has 1 heterocycles. The highest BCUT2D eigenvalue weighted by atomic mass is 32.2. The Kier molecular flexibility index (Phi) is 3.59. The first kappa shape index (κ1) is 11.6. The molecule has 5 nitrogen and oxygen atoms in total. The van der Waals surface area contributed by atoms with Crippen LogP contribution in [0.25, 0.3) is 0 Å². The summed E-state index contributed by atoms with van der Waals surface area (Å²) in [5.41, 5.74) is 0.748. The first-order valence-corrected chi connectivity index (χ1v) is 6.32. The van der Waals surface area contributed by atoms with Gasteiger partial charge in [-0.05, 0) is 6.92 Å². The van der Waals surface area contributed by atoms with E-state index in [1.54, 1.807) is 0 Å². The lowest BCUT2D eigenvalue weighted by atomic mass is 10.5. The zero-order valence-electron chi connectivity index (χ0n) is 8.31. The molecule has 0 aliphatic rings. The molecular formula is C7H13N3O2S2. The summed E-state index contributed by atoms with van der Waals surface area (Å²) in [5, 5.41) is 2.78. The Morgan fingerprint density at radius 2 is 2.21 bits per heavy atom. The Morgan fingerprint density at radius 3 is 2.64 bits per heavy atom. The minimum atomic E-state index is -3.34. The van der Waals surface area contributed by atoms with Crippen molar-refractivity contribution in [3.63, 3.8) is 0 Å². The number of rotatable bonds is 4. The van der Waals surface area contributed by atoms with Gasteiger partial charge in [-0.15, -0.1) is 11.3 Å². The van der Waals surface area contributed by atoms with Crippen LogP contribution in [0.5, 0.6) is 0 Å². The topological polar surface area (TPSA) is 62.3 Å². The minimum absolute atomic E-state index is 0.241. The first-order valence-electron chi connectivity index (χ1n) is 4.00. The molecule has 0 atom stereocenters. The zero-order chi connectivity index (χ0) is 10.8. The van der Waals surface area contributed by atoms with Crippen LogP contribution < -0.4 is 4.72 Å². The molecule has 14 heavy (non-hydrogen) atoms. The van der Waals surface area contributed by atoms with Gasteiger partial charge in [0, 0.05) is 19.5 Å². The second kappa shape index (κ2) is 4.35. The van der Waals surface area contributed by atoms with Gasteiger partial charge >= 0.3 is 0 Å². The molecule has 0 radical (unpaired) electrons. The van der Waals surface area contributed by atoms with Gasteiger partial charge < -0.3 is 0 Å².